The number of hydrogen-bond donors (Lipinski definition) is 0. The summed E-state index contributed by atoms with van der Waals surface area (Å²) < 4.78 is 26.9. The summed E-state index contributed by atoms with van der Waals surface area (Å²) in [6, 6.07) is 7.38. The van der Waals surface area contributed by atoms with E-state index in [2.05, 4.69) is 31.7 Å². The van der Waals surface area contributed by atoms with Gasteiger partial charge in [0.05, 0.1) is 16.4 Å². The molecular weight excluding hydrogens is 419 g/mol. The van der Waals surface area contributed by atoms with Gasteiger partial charge >= 0.3 is 0 Å². The molecule has 1 fully saturated rings. The number of benzene rings is 1. The Kier molecular flexibility index (Phi) is 5.52. The van der Waals surface area contributed by atoms with E-state index >= 15 is 0 Å². The van der Waals surface area contributed by atoms with Gasteiger partial charge in [0, 0.05) is 49.7 Å². The molecule has 0 spiro atoms. The zero-order valence-corrected chi connectivity index (χ0v) is 17.0. The minimum absolute atomic E-state index is 0.0500. The molecule has 9 heteroatoms. The zero-order valence-electron chi connectivity index (χ0n) is 15.5. The summed E-state index contributed by atoms with van der Waals surface area (Å²) in [7, 11) is 0. The van der Waals surface area contributed by atoms with Crippen molar-refractivity contribution in [1.82, 2.24) is 15.0 Å². The molecule has 0 saturated carbocycles. The van der Waals surface area contributed by atoms with E-state index in [-0.39, 0.29) is 11.3 Å². The van der Waals surface area contributed by atoms with Crippen molar-refractivity contribution in [3.05, 3.63) is 64.7 Å². The highest BCUT2D eigenvalue weighted by atomic mass is 35.5. The molecule has 0 bridgehead atoms. The predicted octanol–water partition coefficient (Wildman–Crippen LogP) is 4.84. The van der Waals surface area contributed by atoms with Crippen molar-refractivity contribution in [2.75, 3.05) is 29.4 Å². The molecule has 3 aromatic rings. The highest BCUT2D eigenvalue weighted by Gasteiger charge is 2.26. The van der Waals surface area contributed by atoms with Gasteiger partial charge in [0.15, 0.2) is 11.6 Å². The van der Waals surface area contributed by atoms with Crippen LogP contribution in [-0.2, 0) is 0 Å². The maximum absolute atomic E-state index is 13.6. The summed E-state index contributed by atoms with van der Waals surface area (Å²) in [6.07, 6.45) is 3.35. The SMILES string of the molecule is CC1CN(c2ccncc2Cl)CCN1c1cc(-c2ccc(F)c(F)c2)nc(Cl)n1. The van der Waals surface area contributed by atoms with Crippen molar-refractivity contribution >= 4 is 34.7 Å². The smallest absolute Gasteiger partial charge is 0.224 e. The van der Waals surface area contributed by atoms with Crippen LogP contribution >= 0.6 is 23.2 Å². The first-order valence-corrected chi connectivity index (χ1v) is 9.79. The second kappa shape index (κ2) is 8.08. The highest BCUT2D eigenvalue weighted by molar-refractivity contribution is 6.33. The Bertz CT molecular complexity index is 1050. The third-order valence-corrected chi connectivity index (χ3v) is 5.37. The molecule has 150 valence electrons. The van der Waals surface area contributed by atoms with Crippen LogP contribution in [0.25, 0.3) is 11.3 Å². The van der Waals surface area contributed by atoms with Gasteiger partial charge in [-0.1, -0.05) is 11.6 Å². The van der Waals surface area contributed by atoms with Crippen LogP contribution in [-0.4, -0.2) is 40.6 Å². The molecule has 2 aromatic heterocycles. The molecule has 1 aromatic carbocycles. The fourth-order valence-corrected chi connectivity index (χ4v) is 3.91. The van der Waals surface area contributed by atoms with Gasteiger partial charge in [0.1, 0.15) is 5.82 Å². The van der Waals surface area contributed by atoms with E-state index < -0.39 is 11.6 Å². The van der Waals surface area contributed by atoms with Crippen molar-refractivity contribution in [2.24, 2.45) is 0 Å². The van der Waals surface area contributed by atoms with E-state index in [0.29, 0.717) is 28.6 Å². The van der Waals surface area contributed by atoms with Gasteiger partial charge in [-0.15, -0.1) is 0 Å². The van der Waals surface area contributed by atoms with Crippen LogP contribution in [0.1, 0.15) is 6.92 Å². The maximum atomic E-state index is 13.6. The summed E-state index contributed by atoms with van der Waals surface area (Å²) in [5.74, 6) is -1.21. The molecule has 3 heterocycles. The Morgan fingerprint density at radius 1 is 1.03 bits per heavy atom. The lowest BCUT2D eigenvalue weighted by molar-refractivity contribution is 0.509. The zero-order chi connectivity index (χ0) is 20.5. The number of halogens is 4. The van der Waals surface area contributed by atoms with E-state index in [1.54, 1.807) is 18.5 Å². The normalized spacial score (nSPS) is 16.9. The number of rotatable bonds is 3. The van der Waals surface area contributed by atoms with Gasteiger partial charge in [-0.25, -0.2) is 18.7 Å². The molecule has 0 aliphatic carbocycles. The Morgan fingerprint density at radius 3 is 2.59 bits per heavy atom. The third-order valence-electron chi connectivity index (χ3n) is 4.91. The quantitative estimate of drug-likeness (QED) is 0.550. The van der Waals surface area contributed by atoms with E-state index in [4.69, 9.17) is 23.2 Å². The molecule has 4 rings (SSSR count). The molecule has 1 aliphatic rings. The molecule has 0 amide bonds. The van der Waals surface area contributed by atoms with Crippen LogP contribution < -0.4 is 9.80 Å². The Labute approximate surface area is 176 Å². The lowest BCUT2D eigenvalue weighted by atomic mass is 10.1. The largest absolute Gasteiger partial charge is 0.366 e. The molecule has 1 atom stereocenters. The Hall–Kier alpha value is -2.51. The minimum atomic E-state index is -0.935. The second-order valence-electron chi connectivity index (χ2n) is 6.82. The van der Waals surface area contributed by atoms with E-state index in [1.165, 1.54) is 6.07 Å². The van der Waals surface area contributed by atoms with Crippen LogP contribution in [0.4, 0.5) is 20.3 Å². The van der Waals surface area contributed by atoms with Crippen LogP contribution in [0.3, 0.4) is 0 Å². The van der Waals surface area contributed by atoms with Crippen molar-refractivity contribution in [1.29, 1.82) is 0 Å². The monoisotopic (exact) mass is 435 g/mol. The fourth-order valence-electron chi connectivity index (χ4n) is 3.50. The fraction of sp³-hybridized carbons (Fsp3) is 0.250. The number of aromatic nitrogens is 3. The number of anilines is 2. The van der Waals surface area contributed by atoms with Gasteiger partial charge in [0.2, 0.25) is 5.28 Å². The Balaban J connectivity index is 1.60. The van der Waals surface area contributed by atoms with Crippen LogP contribution in [0.5, 0.6) is 0 Å². The van der Waals surface area contributed by atoms with Gasteiger partial charge < -0.3 is 9.80 Å². The number of pyridine rings is 1. The van der Waals surface area contributed by atoms with Crippen molar-refractivity contribution in [3.8, 4) is 11.3 Å². The first-order valence-electron chi connectivity index (χ1n) is 9.03. The first-order chi connectivity index (χ1) is 13.9. The van der Waals surface area contributed by atoms with Gasteiger partial charge in [-0.05, 0) is 42.8 Å². The topological polar surface area (TPSA) is 45.2 Å². The van der Waals surface area contributed by atoms with Crippen molar-refractivity contribution < 1.29 is 8.78 Å². The van der Waals surface area contributed by atoms with Crippen LogP contribution in [0, 0.1) is 11.6 Å². The predicted molar refractivity (Wildman–Crippen MR) is 111 cm³/mol. The lowest BCUT2D eigenvalue weighted by Crippen LogP contribution is -2.52. The van der Waals surface area contributed by atoms with E-state index in [9.17, 15) is 8.78 Å². The molecule has 1 unspecified atom stereocenters. The summed E-state index contributed by atoms with van der Waals surface area (Å²) in [6.45, 7) is 4.22. The number of piperazine rings is 1. The Morgan fingerprint density at radius 2 is 1.86 bits per heavy atom. The number of hydrogen-bond acceptors (Lipinski definition) is 5. The van der Waals surface area contributed by atoms with Crippen LogP contribution in [0.15, 0.2) is 42.7 Å². The van der Waals surface area contributed by atoms with Crippen LogP contribution in [0.2, 0.25) is 10.3 Å². The standard InChI is InChI=1S/C20H17Cl2F2N5/c1-12-11-28(18-4-5-25-10-14(18)21)6-7-29(12)19-9-17(26-20(22)27-19)13-2-3-15(23)16(24)8-13/h2-5,8-10,12H,6-7,11H2,1H3. The molecule has 5 nitrogen and oxygen atoms in total. The third kappa shape index (κ3) is 4.11. The van der Waals surface area contributed by atoms with Crippen molar-refractivity contribution in [2.45, 2.75) is 13.0 Å². The summed E-state index contributed by atoms with van der Waals surface area (Å²) in [4.78, 5) is 16.9. The summed E-state index contributed by atoms with van der Waals surface area (Å²) in [5, 5.41) is 0.660. The van der Waals surface area contributed by atoms with Gasteiger partial charge in [-0.3, -0.25) is 4.98 Å². The van der Waals surface area contributed by atoms with E-state index in [0.717, 1.165) is 30.9 Å². The number of nitrogens with zero attached hydrogens (tertiary/aromatic N) is 5. The van der Waals surface area contributed by atoms with Gasteiger partial charge in [0.25, 0.3) is 0 Å². The molecule has 0 radical (unpaired) electrons. The molecule has 29 heavy (non-hydrogen) atoms. The lowest BCUT2D eigenvalue weighted by Gasteiger charge is -2.41. The molecule has 1 saturated heterocycles. The first kappa shape index (κ1) is 19.8. The minimum Gasteiger partial charge on any atom is -0.366 e. The average molecular weight is 436 g/mol. The summed E-state index contributed by atoms with van der Waals surface area (Å²) in [5.41, 5.74) is 1.81. The summed E-state index contributed by atoms with van der Waals surface area (Å²) >= 11 is 12.4. The molecular formula is C20H17Cl2F2N5. The van der Waals surface area contributed by atoms with Crippen molar-refractivity contribution in [3.63, 3.8) is 0 Å². The molecule has 0 N–H and O–H groups in total. The average Bonchev–Trinajstić information content (AvgIpc) is 2.70. The maximum Gasteiger partial charge on any atom is 0.224 e. The molecule has 1 aliphatic heterocycles. The van der Waals surface area contributed by atoms with Gasteiger partial charge in [-0.2, -0.15) is 0 Å². The second-order valence-corrected chi connectivity index (χ2v) is 7.57. The van der Waals surface area contributed by atoms with E-state index in [1.807, 2.05) is 6.07 Å². The highest BCUT2D eigenvalue weighted by Crippen LogP contribution is 2.30.